The molecule has 0 unspecified atom stereocenters. The summed E-state index contributed by atoms with van der Waals surface area (Å²) in [6, 6.07) is 0. The van der Waals surface area contributed by atoms with Crippen molar-refractivity contribution in [3.8, 4) is 0 Å². The highest BCUT2D eigenvalue weighted by Crippen LogP contribution is 2.16. The summed E-state index contributed by atoms with van der Waals surface area (Å²) >= 11 is 0. The second kappa shape index (κ2) is 7.68. The third-order valence-corrected chi connectivity index (χ3v) is 2.20. The average Bonchev–Trinajstić information content (AvgIpc) is 2.21. The standard InChI is InChI=1S/C12H20O6/c1-6-11(17-9(4)14)12(18-10(5)15)7(2)16-8(3)13/h7,11-12H,6H2,1-5H3/t7-,11-,12-/m1/s1. The first-order valence-corrected chi connectivity index (χ1v) is 5.79. The van der Waals surface area contributed by atoms with Crippen LogP contribution in [0.3, 0.4) is 0 Å². The van der Waals surface area contributed by atoms with Gasteiger partial charge in [-0.05, 0) is 13.3 Å². The molecule has 0 rings (SSSR count). The summed E-state index contributed by atoms with van der Waals surface area (Å²) in [5.41, 5.74) is 0. The lowest BCUT2D eigenvalue weighted by Crippen LogP contribution is -2.43. The van der Waals surface area contributed by atoms with E-state index in [0.717, 1.165) is 0 Å². The zero-order chi connectivity index (χ0) is 14.3. The van der Waals surface area contributed by atoms with Crippen molar-refractivity contribution in [2.45, 2.75) is 59.4 Å². The largest absolute Gasteiger partial charge is 0.459 e. The summed E-state index contributed by atoms with van der Waals surface area (Å²) in [5, 5.41) is 0. The van der Waals surface area contributed by atoms with Crippen LogP contribution < -0.4 is 0 Å². The normalized spacial score (nSPS) is 15.2. The van der Waals surface area contributed by atoms with E-state index in [-0.39, 0.29) is 0 Å². The van der Waals surface area contributed by atoms with Gasteiger partial charge in [0.2, 0.25) is 0 Å². The predicted molar refractivity (Wildman–Crippen MR) is 62.6 cm³/mol. The van der Waals surface area contributed by atoms with E-state index in [9.17, 15) is 14.4 Å². The van der Waals surface area contributed by atoms with Gasteiger partial charge in [-0.15, -0.1) is 0 Å². The monoisotopic (exact) mass is 260 g/mol. The van der Waals surface area contributed by atoms with Gasteiger partial charge in [-0.1, -0.05) is 6.92 Å². The Morgan fingerprint density at radius 1 is 0.889 bits per heavy atom. The van der Waals surface area contributed by atoms with Crippen molar-refractivity contribution < 1.29 is 28.6 Å². The van der Waals surface area contributed by atoms with E-state index < -0.39 is 36.2 Å². The summed E-state index contributed by atoms with van der Waals surface area (Å²) in [6.45, 7) is 7.14. The number of ether oxygens (including phenoxy) is 3. The first kappa shape index (κ1) is 16.4. The van der Waals surface area contributed by atoms with Gasteiger partial charge in [0.25, 0.3) is 0 Å². The molecule has 0 bridgehead atoms. The van der Waals surface area contributed by atoms with Gasteiger partial charge in [0.05, 0.1) is 0 Å². The van der Waals surface area contributed by atoms with E-state index in [1.54, 1.807) is 13.8 Å². The molecule has 104 valence electrons. The van der Waals surface area contributed by atoms with E-state index in [1.165, 1.54) is 20.8 Å². The minimum atomic E-state index is -0.805. The lowest BCUT2D eigenvalue weighted by molar-refractivity contribution is -0.181. The van der Waals surface area contributed by atoms with Crippen molar-refractivity contribution in [2.24, 2.45) is 0 Å². The van der Waals surface area contributed by atoms with Crippen LogP contribution in [0.4, 0.5) is 0 Å². The van der Waals surface area contributed by atoms with E-state index >= 15 is 0 Å². The topological polar surface area (TPSA) is 78.9 Å². The third kappa shape index (κ3) is 6.22. The Morgan fingerprint density at radius 2 is 1.33 bits per heavy atom. The quantitative estimate of drug-likeness (QED) is 0.527. The number of esters is 3. The molecule has 0 aromatic rings. The molecule has 6 heteroatoms. The fourth-order valence-electron chi connectivity index (χ4n) is 1.59. The number of carbonyl (C=O) groups excluding carboxylic acids is 3. The summed E-state index contributed by atoms with van der Waals surface area (Å²) in [5.74, 6) is -1.49. The van der Waals surface area contributed by atoms with Gasteiger partial charge in [0, 0.05) is 20.8 Å². The third-order valence-electron chi connectivity index (χ3n) is 2.20. The van der Waals surface area contributed by atoms with Crippen LogP contribution in [0.5, 0.6) is 0 Å². The van der Waals surface area contributed by atoms with E-state index in [0.29, 0.717) is 6.42 Å². The molecule has 0 heterocycles. The zero-order valence-corrected chi connectivity index (χ0v) is 11.4. The molecule has 0 spiro atoms. The van der Waals surface area contributed by atoms with Gasteiger partial charge < -0.3 is 14.2 Å². The average molecular weight is 260 g/mol. The van der Waals surface area contributed by atoms with Crippen LogP contribution in [0.2, 0.25) is 0 Å². The molecule has 6 nitrogen and oxygen atoms in total. The highest BCUT2D eigenvalue weighted by Gasteiger charge is 2.32. The molecular formula is C12H20O6. The Kier molecular flexibility index (Phi) is 7.00. The van der Waals surface area contributed by atoms with Crippen LogP contribution in [0, 0.1) is 0 Å². The Morgan fingerprint density at radius 3 is 1.67 bits per heavy atom. The minimum Gasteiger partial charge on any atom is -0.459 e. The predicted octanol–water partition coefficient (Wildman–Crippen LogP) is 1.21. The van der Waals surface area contributed by atoms with Crippen LogP contribution in [-0.2, 0) is 28.6 Å². The lowest BCUT2D eigenvalue weighted by atomic mass is 10.1. The molecule has 0 aliphatic heterocycles. The van der Waals surface area contributed by atoms with Crippen molar-refractivity contribution in [3.63, 3.8) is 0 Å². The Labute approximate surface area is 107 Å². The van der Waals surface area contributed by atoms with Crippen LogP contribution in [0.15, 0.2) is 0 Å². The number of carbonyl (C=O) groups is 3. The van der Waals surface area contributed by atoms with Crippen LogP contribution >= 0.6 is 0 Å². The maximum atomic E-state index is 11.0. The first-order valence-electron chi connectivity index (χ1n) is 5.79. The van der Waals surface area contributed by atoms with Gasteiger partial charge in [0.1, 0.15) is 12.2 Å². The Bertz CT molecular complexity index is 312. The molecule has 0 saturated heterocycles. The van der Waals surface area contributed by atoms with Gasteiger partial charge >= 0.3 is 17.9 Å². The van der Waals surface area contributed by atoms with Gasteiger partial charge in [0.15, 0.2) is 6.10 Å². The van der Waals surface area contributed by atoms with Crippen LogP contribution in [0.1, 0.15) is 41.0 Å². The smallest absolute Gasteiger partial charge is 0.303 e. The molecule has 3 atom stereocenters. The first-order chi connectivity index (χ1) is 8.27. The molecule has 0 amide bonds. The minimum absolute atomic E-state index is 0.448. The van der Waals surface area contributed by atoms with Crippen LogP contribution in [-0.4, -0.2) is 36.2 Å². The molecule has 0 aliphatic carbocycles. The van der Waals surface area contributed by atoms with Crippen molar-refractivity contribution in [2.75, 3.05) is 0 Å². The molecule has 0 saturated carbocycles. The van der Waals surface area contributed by atoms with Crippen LogP contribution in [0.25, 0.3) is 0 Å². The SMILES string of the molecule is CC[C@@H](OC(C)=O)[C@H](OC(C)=O)[C@@H](C)OC(C)=O. The fraction of sp³-hybridized carbons (Fsp3) is 0.750. The molecular weight excluding hydrogens is 240 g/mol. The summed E-state index contributed by atoms with van der Waals surface area (Å²) in [6.07, 6.45) is -1.68. The maximum Gasteiger partial charge on any atom is 0.303 e. The molecule has 0 aliphatic rings. The highest BCUT2D eigenvalue weighted by atomic mass is 16.6. The second-order valence-electron chi connectivity index (χ2n) is 3.94. The number of rotatable bonds is 6. The summed E-state index contributed by atoms with van der Waals surface area (Å²) < 4.78 is 15.1. The summed E-state index contributed by atoms with van der Waals surface area (Å²) in [7, 11) is 0. The van der Waals surface area contributed by atoms with Crippen molar-refractivity contribution in [1.29, 1.82) is 0 Å². The molecule has 18 heavy (non-hydrogen) atoms. The molecule has 0 N–H and O–H groups in total. The van der Waals surface area contributed by atoms with E-state index in [2.05, 4.69) is 0 Å². The van der Waals surface area contributed by atoms with Gasteiger partial charge in [-0.2, -0.15) is 0 Å². The highest BCUT2D eigenvalue weighted by molar-refractivity contribution is 5.68. The second-order valence-corrected chi connectivity index (χ2v) is 3.94. The molecule has 0 fully saturated rings. The number of hydrogen-bond acceptors (Lipinski definition) is 6. The van der Waals surface area contributed by atoms with Crippen molar-refractivity contribution in [3.05, 3.63) is 0 Å². The Balaban J connectivity index is 4.86. The Hall–Kier alpha value is -1.59. The summed E-state index contributed by atoms with van der Waals surface area (Å²) in [4.78, 5) is 32.9. The van der Waals surface area contributed by atoms with E-state index in [4.69, 9.17) is 14.2 Å². The van der Waals surface area contributed by atoms with Crippen molar-refractivity contribution >= 4 is 17.9 Å². The van der Waals surface area contributed by atoms with Gasteiger partial charge in [-0.3, -0.25) is 14.4 Å². The van der Waals surface area contributed by atoms with E-state index in [1.807, 2.05) is 0 Å². The number of hydrogen-bond donors (Lipinski definition) is 0. The lowest BCUT2D eigenvalue weighted by Gasteiger charge is -2.29. The molecule has 0 aromatic heterocycles. The molecule has 0 aromatic carbocycles. The van der Waals surface area contributed by atoms with Crippen molar-refractivity contribution in [1.82, 2.24) is 0 Å². The van der Waals surface area contributed by atoms with Gasteiger partial charge in [-0.25, -0.2) is 0 Å². The molecule has 0 radical (unpaired) electrons. The fourth-order valence-corrected chi connectivity index (χ4v) is 1.59. The maximum absolute atomic E-state index is 11.0. The zero-order valence-electron chi connectivity index (χ0n) is 11.4.